The van der Waals surface area contributed by atoms with Crippen LogP contribution in [-0.4, -0.2) is 17.6 Å². The van der Waals surface area contributed by atoms with Gasteiger partial charge in [-0.05, 0) is 54.8 Å². The number of anilines is 2. The summed E-state index contributed by atoms with van der Waals surface area (Å²) in [5.41, 5.74) is 1.38. The van der Waals surface area contributed by atoms with Gasteiger partial charge in [0.15, 0.2) is 0 Å². The van der Waals surface area contributed by atoms with E-state index in [1.54, 1.807) is 11.3 Å². The Morgan fingerprint density at radius 3 is 2.83 bits per heavy atom. The third-order valence-corrected chi connectivity index (χ3v) is 3.36. The largest absolute Gasteiger partial charge is 0.370 e. The highest BCUT2D eigenvalue weighted by Gasteiger charge is 2.05. The van der Waals surface area contributed by atoms with Crippen LogP contribution >= 0.6 is 11.3 Å². The zero-order valence-corrected chi connectivity index (χ0v) is 11.6. The lowest BCUT2D eigenvalue weighted by Crippen LogP contribution is -2.18. The van der Waals surface area contributed by atoms with Crippen molar-refractivity contribution in [3.8, 4) is 0 Å². The molecule has 2 N–H and O–H groups in total. The van der Waals surface area contributed by atoms with E-state index in [0.717, 1.165) is 24.6 Å². The van der Waals surface area contributed by atoms with Gasteiger partial charge in [-0.1, -0.05) is 6.07 Å². The van der Waals surface area contributed by atoms with E-state index in [1.807, 2.05) is 18.2 Å². The molecule has 2 aromatic heterocycles. The summed E-state index contributed by atoms with van der Waals surface area (Å²) in [4.78, 5) is 4.51. The lowest BCUT2D eigenvalue weighted by molar-refractivity contribution is 0.787. The van der Waals surface area contributed by atoms with Gasteiger partial charge in [-0.3, -0.25) is 0 Å². The quantitative estimate of drug-likeness (QED) is 0.834. The fourth-order valence-corrected chi connectivity index (χ4v) is 2.54. The van der Waals surface area contributed by atoms with Gasteiger partial charge >= 0.3 is 0 Å². The minimum Gasteiger partial charge on any atom is -0.370 e. The van der Waals surface area contributed by atoms with E-state index in [9.17, 15) is 0 Å². The van der Waals surface area contributed by atoms with Crippen molar-refractivity contribution < 1.29 is 0 Å². The maximum Gasteiger partial charge on any atom is 0.128 e. The van der Waals surface area contributed by atoms with Gasteiger partial charge in [0.05, 0.1) is 0 Å². The number of pyridine rings is 1. The summed E-state index contributed by atoms with van der Waals surface area (Å²) in [6, 6.07) is 8.56. The highest BCUT2D eigenvalue weighted by molar-refractivity contribution is 7.07. The van der Waals surface area contributed by atoms with Crippen molar-refractivity contribution in [2.75, 3.05) is 17.2 Å². The van der Waals surface area contributed by atoms with Crippen molar-refractivity contribution in [3.05, 3.63) is 40.6 Å². The number of thiophene rings is 1. The SMILES string of the molecule is CCNc1cccc(NC(C)Cc2ccsc2)n1. The van der Waals surface area contributed by atoms with E-state index < -0.39 is 0 Å². The minimum absolute atomic E-state index is 0.379. The number of rotatable bonds is 6. The van der Waals surface area contributed by atoms with Crippen LogP contribution in [0.4, 0.5) is 11.6 Å². The molecule has 0 spiro atoms. The molecule has 0 saturated carbocycles. The summed E-state index contributed by atoms with van der Waals surface area (Å²) in [5, 5.41) is 11.0. The molecule has 1 unspecified atom stereocenters. The van der Waals surface area contributed by atoms with Gasteiger partial charge in [0.1, 0.15) is 11.6 Å². The van der Waals surface area contributed by atoms with Gasteiger partial charge in [0.25, 0.3) is 0 Å². The second kappa shape index (κ2) is 6.40. The summed E-state index contributed by atoms with van der Waals surface area (Å²) in [5.74, 6) is 1.85. The monoisotopic (exact) mass is 261 g/mol. The van der Waals surface area contributed by atoms with E-state index in [-0.39, 0.29) is 0 Å². The Bertz CT molecular complexity index is 468. The molecule has 2 aromatic rings. The maximum atomic E-state index is 4.51. The highest BCUT2D eigenvalue weighted by Crippen LogP contribution is 2.13. The molecule has 0 aliphatic heterocycles. The number of nitrogens with one attached hydrogen (secondary N) is 2. The van der Waals surface area contributed by atoms with E-state index in [2.05, 4.69) is 46.3 Å². The Hall–Kier alpha value is -1.55. The fourth-order valence-electron chi connectivity index (χ4n) is 1.86. The lowest BCUT2D eigenvalue weighted by Gasteiger charge is -2.14. The molecule has 2 rings (SSSR count). The molecule has 18 heavy (non-hydrogen) atoms. The molecule has 0 bridgehead atoms. The summed E-state index contributed by atoms with van der Waals surface area (Å²) >= 11 is 1.74. The van der Waals surface area contributed by atoms with E-state index >= 15 is 0 Å². The second-order valence-corrected chi connectivity index (χ2v) is 5.10. The zero-order valence-electron chi connectivity index (χ0n) is 10.8. The van der Waals surface area contributed by atoms with Gasteiger partial charge in [0, 0.05) is 12.6 Å². The molecule has 2 heterocycles. The summed E-state index contributed by atoms with van der Waals surface area (Å²) in [6.45, 7) is 5.14. The van der Waals surface area contributed by atoms with Crippen LogP contribution in [0.5, 0.6) is 0 Å². The van der Waals surface area contributed by atoms with Crippen LogP contribution in [0.25, 0.3) is 0 Å². The van der Waals surface area contributed by atoms with Crippen molar-refractivity contribution in [1.29, 1.82) is 0 Å². The van der Waals surface area contributed by atoms with Crippen molar-refractivity contribution in [3.63, 3.8) is 0 Å². The van der Waals surface area contributed by atoms with Crippen molar-refractivity contribution in [2.45, 2.75) is 26.3 Å². The standard InChI is InChI=1S/C14H19N3S/c1-3-15-13-5-4-6-14(17-13)16-11(2)9-12-7-8-18-10-12/h4-8,10-11H,3,9H2,1-2H3,(H2,15,16,17). The first-order chi connectivity index (χ1) is 8.78. The predicted molar refractivity (Wildman–Crippen MR) is 79.5 cm³/mol. The maximum absolute atomic E-state index is 4.51. The van der Waals surface area contributed by atoms with Crippen molar-refractivity contribution >= 4 is 23.0 Å². The molecule has 0 saturated heterocycles. The Kier molecular flexibility index (Phi) is 4.59. The Balaban J connectivity index is 1.93. The molecule has 0 aliphatic rings. The Morgan fingerprint density at radius 2 is 2.11 bits per heavy atom. The topological polar surface area (TPSA) is 37.0 Å². The molecule has 0 fully saturated rings. The van der Waals surface area contributed by atoms with Crippen LogP contribution in [0.2, 0.25) is 0 Å². The minimum atomic E-state index is 0.379. The molecule has 0 aliphatic carbocycles. The molecule has 0 aromatic carbocycles. The average molecular weight is 261 g/mol. The molecule has 4 heteroatoms. The second-order valence-electron chi connectivity index (χ2n) is 4.32. The summed E-state index contributed by atoms with van der Waals surface area (Å²) in [6.07, 6.45) is 1.02. The normalized spacial score (nSPS) is 12.1. The Morgan fingerprint density at radius 1 is 1.28 bits per heavy atom. The van der Waals surface area contributed by atoms with Gasteiger partial charge in [-0.15, -0.1) is 0 Å². The molecule has 0 radical (unpaired) electrons. The first kappa shape index (κ1) is 12.9. The average Bonchev–Trinajstić information content (AvgIpc) is 2.82. The zero-order chi connectivity index (χ0) is 12.8. The summed E-state index contributed by atoms with van der Waals surface area (Å²) < 4.78 is 0. The van der Waals surface area contributed by atoms with Crippen molar-refractivity contribution in [2.24, 2.45) is 0 Å². The molecule has 0 amide bonds. The summed E-state index contributed by atoms with van der Waals surface area (Å²) in [7, 11) is 0. The number of nitrogens with zero attached hydrogens (tertiary/aromatic N) is 1. The third kappa shape index (κ3) is 3.74. The number of hydrogen-bond acceptors (Lipinski definition) is 4. The third-order valence-electron chi connectivity index (χ3n) is 2.62. The van der Waals surface area contributed by atoms with Gasteiger partial charge in [-0.25, -0.2) is 4.98 Å². The van der Waals surface area contributed by atoms with Gasteiger partial charge in [0.2, 0.25) is 0 Å². The van der Waals surface area contributed by atoms with Crippen LogP contribution in [0.15, 0.2) is 35.0 Å². The first-order valence-corrected chi connectivity index (χ1v) is 7.20. The van der Waals surface area contributed by atoms with Crippen LogP contribution in [0.1, 0.15) is 19.4 Å². The van der Waals surface area contributed by atoms with Crippen LogP contribution in [0.3, 0.4) is 0 Å². The van der Waals surface area contributed by atoms with Gasteiger partial charge in [-0.2, -0.15) is 11.3 Å². The molecule has 96 valence electrons. The van der Waals surface area contributed by atoms with Crippen LogP contribution < -0.4 is 10.6 Å². The Labute approximate surface area is 112 Å². The van der Waals surface area contributed by atoms with Gasteiger partial charge < -0.3 is 10.6 Å². The molecular formula is C14H19N3S. The molecular weight excluding hydrogens is 242 g/mol. The fraction of sp³-hybridized carbons (Fsp3) is 0.357. The molecule has 3 nitrogen and oxygen atoms in total. The van der Waals surface area contributed by atoms with E-state index in [4.69, 9.17) is 0 Å². The smallest absolute Gasteiger partial charge is 0.128 e. The number of hydrogen-bond donors (Lipinski definition) is 2. The highest BCUT2D eigenvalue weighted by atomic mass is 32.1. The van der Waals surface area contributed by atoms with Crippen LogP contribution in [-0.2, 0) is 6.42 Å². The van der Waals surface area contributed by atoms with Crippen LogP contribution in [0, 0.1) is 0 Å². The molecule has 1 atom stereocenters. The van der Waals surface area contributed by atoms with Crippen molar-refractivity contribution in [1.82, 2.24) is 4.98 Å². The predicted octanol–water partition coefficient (Wildman–Crippen LogP) is 3.62. The lowest BCUT2D eigenvalue weighted by atomic mass is 10.1. The number of aromatic nitrogens is 1. The van der Waals surface area contributed by atoms with E-state index in [1.165, 1.54) is 5.56 Å². The van der Waals surface area contributed by atoms with E-state index in [0.29, 0.717) is 6.04 Å². The first-order valence-electron chi connectivity index (χ1n) is 6.26.